The third-order valence-electron chi connectivity index (χ3n) is 5.98. The Kier molecular flexibility index (Phi) is 4.76. The fraction of sp³-hybridized carbons (Fsp3) is 0.650. The van der Waals surface area contributed by atoms with Gasteiger partial charge in [-0.1, -0.05) is 39.0 Å². The summed E-state index contributed by atoms with van der Waals surface area (Å²) in [7, 11) is 0. The van der Waals surface area contributed by atoms with Gasteiger partial charge >= 0.3 is 0 Å². The first kappa shape index (κ1) is 16.9. The normalized spacial score (nSPS) is 21.0. The Labute approximate surface area is 145 Å². The number of nitrogens with zero attached hydrogens (tertiary/aromatic N) is 2. The summed E-state index contributed by atoms with van der Waals surface area (Å²) in [5.41, 5.74) is 4.94. The Bertz CT molecular complexity index is 601. The smallest absolute Gasteiger partial charge is 0.220 e. The van der Waals surface area contributed by atoms with Gasteiger partial charge in [-0.15, -0.1) is 0 Å². The first-order valence-corrected chi connectivity index (χ1v) is 9.83. The average molecular weight is 329 g/mol. The zero-order valence-corrected chi connectivity index (χ0v) is 15.5. The maximum atomic E-state index is 7.35. The average Bonchev–Trinajstić information content (AvgIpc) is 2.96. The summed E-state index contributed by atoms with van der Waals surface area (Å²) < 4.78 is 0. The van der Waals surface area contributed by atoms with Crippen LogP contribution in [0.25, 0.3) is 4.85 Å². The SMILES string of the molecule is [C-]#[N+]CC1(C(C)(C)C)CCN(Cc2ccc3c(c2)CSC3)CC1. The fourth-order valence-corrected chi connectivity index (χ4v) is 5.11. The quantitative estimate of drug-likeness (QED) is 0.723. The molecule has 2 aliphatic rings. The van der Waals surface area contributed by atoms with Gasteiger partial charge in [0, 0.05) is 23.5 Å². The molecular weight excluding hydrogens is 300 g/mol. The second-order valence-electron chi connectivity index (χ2n) is 8.22. The molecule has 1 aromatic rings. The molecule has 1 saturated heterocycles. The van der Waals surface area contributed by atoms with Crippen LogP contribution in [0.5, 0.6) is 0 Å². The van der Waals surface area contributed by atoms with Gasteiger partial charge in [-0.25, -0.2) is 6.57 Å². The Morgan fingerprint density at radius 1 is 1.17 bits per heavy atom. The van der Waals surface area contributed by atoms with Crippen molar-refractivity contribution in [3.05, 3.63) is 46.3 Å². The summed E-state index contributed by atoms with van der Waals surface area (Å²) in [6, 6.07) is 7.06. The Morgan fingerprint density at radius 3 is 2.52 bits per heavy atom. The Balaban J connectivity index is 1.64. The Hall–Kier alpha value is -0.980. The van der Waals surface area contributed by atoms with E-state index in [1.54, 1.807) is 5.56 Å². The predicted octanol–water partition coefficient (Wildman–Crippen LogP) is 4.98. The molecule has 1 aromatic carbocycles. The van der Waals surface area contributed by atoms with Gasteiger partial charge in [-0.3, -0.25) is 4.90 Å². The van der Waals surface area contributed by atoms with Crippen LogP contribution < -0.4 is 0 Å². The summed E-state index contributed by atoms with van der Waals surface area (Å²) in [6.45, 7) is 18.3. The highest BCUT2D eigenvalue weighted by Crippen LogP contribution is 2.47. The molecule has 2 heterocycles. The van der Waals surface area contributed by atoms with E-state index in [1.807, 2.05) is 11.8 Å². The molecule has 0 saturated carbocycles. The first-order valence-electron chi connectivity index (χ1n) is 8.68. The first-order chi connectivity index (χ1) is 10.9. The van der Waals surface area contributed by atoms with Gasteiger partial charge in [0.1, 0.15) is 0 Å². The van der Waals surface area contributed by atoms with E-state index in [0.29, 0.717) is 6.54 Å². The highest BCUT2D eigenvalue weighted by atomic mass is 32.2. The lowest BCUT2D eigenvalue weighted by molar-refractivity contribution is 0.0173. The minimum absolute atomic E-state index is 0.194. The van der Waals surface area contributed by atoms with Crippen LogP contribution in [-0.2, 0) is 18.1 Å². The molecule has 1 fully saturated rings. The van der Waals surface area contributed by atoms with E-state index in [1.165, 1.54) is 22.6 Å². The lowest BCUT2D eigenvalue weighted by Crippen LogP contribution is -2.47. The van der Waals surface area contributed by atoms with Gasteiger partial charge in [-0.05, 0) is 48.0 Å². The number of hydrogen-bond acceptors (Lipinski definition) is 2. The number of thioether (sulfide) groups is 1. The van der Waals surface area contributed by atoms with Gasteiger partial charge in [0.15, 0.2) is 0 Å². The standard InChI is InChI=1S/C20H28N2S/c1-19(2,3)20(15-21-4)7-9-22(10-8-20)12-16-5-6-17-13-23-14-18(17)11-16/h5-6,11H,7-10,12-15H2,1-3H3. The van der Waals surface area contributed by atoms with Gasteiger partial charge < -0.3 is 4.85 Å². The molecule has 0 aliphatic carbocycles. The van der Waals surface area contributed by atoms with E-state index in [-0.39, 0.29) is 10.8 Å². The molecule has 0 atom stereocenters. The zero-order chi connectivity index (χ0) is 16.5. The van der Waals surface area contributed by atoms with E-state index < -0.39 is 0 Å². The maximum absolute atomic E-state index is 7.35. The topological polar surface area (TPSA) is 7.60 Å². The van der Waals surface area contributed by atoms with Crippen molar-refractivity contribution in [2.45, 2.75) is 51.7 Å². The summed E-state index contributed by atoms with van der Waals surface area (Å²) >= 11 is 2.02. The molecule has 2 nitrogen and oxygen atoms in total. The third-order valence-corrected chi connectivity index (χ3v) is 7.01. The molecule has 0 N–H and O–H groups in total. The summed E-state index contributed by atoms with van der Waals surface area (Å²) in [5, 5.41) is 0. The minimum Gasteiger partial charge on any atom is -0.316 e. The number of piperidine rings is 1. The molecule has 0 radical (unpaired) electrons. The van der Waals surface area contributed by atoms with E-state index in [2.05, 4.69) is 48.7 Å². The van der Waals surface area contributed by atoms with Crippen molar-refractivity contribution >= 4 is 11.8 Å². The minimum atomic E-state index is 0.194. The molecule has 2 aliphatic heterocycles. The molecule has 0 bridgehead atoms. The van der Waals surface area contributed by atoms with Crippen LogP contribution in [0.4, 0.5) is 0 Å². The van der Waals surface area contributed by atoms with Gasteiger partial charge in [0.25, 0.3) is 0 Å². The highest BCUT2D eigenvalue weighted by molar-refractivity contribution is 7.98. The Morgan fingerprint density at radius 2 is 1.87 bits per heavy atom. The molecule has 0 aromatic heterocycles. The van der Waals surface area contributed by atoms with Crippen molar-refractivity contribution in [3.63, 3.8) is 0 Å². The predicted molar refractivity (Wildman–Crippen MR) is 99.3 cm³/mol. The monoisotopic (exact) mass is 328 g/mol. The van der Waals surface area contributed by atoms with Crippen LogP contribution >= 0.6 is 11.8 Å². The number of hydrogen-bond donors (Lipinski definition) is 0. The largest absolute Gasteiger partial charge is 0.316 e. The van der Waals surface area contributed by atoms with Crippen LogP contribution in [-0.4, -0.2) is 24.5 Å². The maximum Gasteiger partial charge on any atom is 0.220 e. The zero-order valence-electron chi connectivity index (χ0n) is 14.7. The summed E-state index contributed by atoms with van der Waals surface area (Å²) in [5.74, 6) is 2.37. The molecule has 23 heavy (non-hydrogen) atoms. The molecule has 0 amide bonds. The number of likely N-dealkylation sites (tertiary alicyclic amines) is 1. The lowest BCUT2D eigenvalue weighted by atomic mass is 9.61. The van der Waals surface area contributed by atoms with E-state index >= 15 is 0 Å². The van der Waals surface area contributed by atoms with Gasteiger partial charge in [0.2, 0.25) is 6.54 Å². The van der Waals surface area contributed by atoms with Crippen LogP contribution in [0.1, 0.15) is 50.3 Å². The van der Waals surface area contributed by atoms with E-state index in [9.17, 15) is 0 Å². The van der Waals surface area contributed by atoms with Crippen LogP contribution in [0.2, 0.25) is 0 Å². The van der Waals surface area contributed by atoms with Gasteiger partial charge in [0.05, 0.1) is 0 Å². The molecule has 3 rings (SSSR count). The van der Waals surface area contributed by atoms with Crippen LogP contribution in [0.15, 0.2) is 18.2 Å². The second-order valence-corrected chi connectivity index (χ2v) is 9.20. The molecule has 0 unspecified atom stereocenters. The highest BCUT2D eigenvalue weighted by Gasteiger charge is 2.46. The second kappa shape index (κ2) is 6.49. The molecule has 0 spiro atoms. The van der Waals surface area contributed by atoms with Crippen molar-refractivity contribution in [1.29, 1.82) is 0 Å². The van der Waals surface area contributed by atoms with Crippen molar-refractivity contribution < 1.29 is 0 Å². The number of fused-ring (bicyclic) bond motifs is 1. The van der Waals surface area contributed by atoms with Crippen LogP contribution in [0.3, 0.4) is 0 Å². The summed E-state index contributed by atoms with van der Waals surface area (Å²) in [4.78, 5) is 6.36. The molecule has 3 heteroatoms. The third kappa shape index (κ3) is 3.44. The van der Waals surface area contributed by atoms with Crippen molar-refractivity contribution in [2.75, 3.05) is 19.6 Å². The van der Waals surface area contributed by atoms with Crippen molar-refractivity contribution in [3.8, 4) is 0 Å². The fourth-order valence-electron chi connectivity index (χ4n) is 4.02. The van der Waals surface area contributed by atoms with Crippen molar-refractivity contribution in [2.24, 2.45) is 10.8 Å². The van der Waals surface area contributed by atoms with Crippen LogP contribution in [0, 0.1) is 17.4 Å². The van der Waals surface area contributed by atoms with Gasteiger partial charge in [-0.2, -0.15) is 11.8 Å². The molecule has 124 valence electrons. The summed E-state index contributed by atoms with van der Waals surface area (Å²) in [6.07, 6.45) is 2.30. The van der Waals surface area contributed by atoms with E-state index in [4.69, 9.17) is 6.57 Å². The molecular formula is C20H28N2S. The lowest BCUT2D eigenvalue weighted by Gasteiger charge is -2.46. The number of rotatable bonds is 3. The van der Waals surface area contributed by atoms with E-state index in [0.717, 1.165) is 32.5 Å². The van der Waals surface area contributed by atoms with Crippen molar-refractivity contribution in [1.82, 2.24) is 4.90 Å². The number of benzene rings is 1.